The summed E-state index contributed by atoms with van der Waals surface area (Å²) in [5, 5.41) is 0. The number of esters is 1. The highest BCUT2D eigenvalue weighted by atomic mass is 16.6. The zero-order valence-corrected chi connectivity index (χ0v) is 21.6. The van der Waals surface area contributed by atoms with E-state index >= 15 is 0 Å². The van der Waals surface area contributed by atoms with E-state index in [4.69, 9.17) is 14.2 Å². The largest absolute Gasteiger partial charge is 0.460 e. The van der Waals surface area contributed by atoms with Gasteiger partial charge in [-0.1, -0.05) is 30.3 Å². The Hall–Kier alpha value is -2.41. The smallest absolute Gasteiger partial charge is 0.410 e. The summed E-state index contributed by atoms with van der Waals surface area (Å²) in [4.78, 5) is 40.3. The molecule has 1 fully saturated rings. The van der Waals surface area contributed by atoms with Crippen LogP contribution in [0.25, 0.3) is 0 Å². The molecule has 0 radical (unpaired) electrons. The lowest BCUT2D eigenvalue weighted by atomic mass is 9.88. The van der Waals surface area contributed by atoms with Gasteiger partial charge < -0.3 is 19.1 Å². The molecule has 1 heterocycles. The second-order valence-electron chi connectivity index (χ2n) is 10.9. The van der Waals surface area contributed by atoms with E-state index in [1.54, 1.807) is 25.7 Å². The molecule has 7 heteroatoms. The average molecular weight is 476 g/mol. The van der Waals surface area contributed by atoms with Crippen molar-refractivity contribution >= 4 is 17.8 Å². The number of carbonyl (C=O) groups excluding carboxylic acids is 3. The number of ketones is 1. The van der Waals surface area contributed by atoms with Crippen molar-refractivity contribution in [3.8, 4) is 0 Å². The first-order chi connectivity index (χ1) is 15.9. The van der Waals surface area contributed by atoms with Gasteiger partial charge in [-0.2, -0.15) is 0 Å². The lowest BCUT2D eigenvalue weighted by Crippen LogP contribution is -2.46. The summed E-state index contributed by atoms with van der Waals surface area (Å²) in [7, 11) is 0. The first-order valence-electron chi connectivity index (χ1n) is 12.2. The van der Waals surface area contributed by atoms with E-state index in [2.05, 4.69) is 0 Å². The van der Waals surface area contributed by atoms with Crippen LogP contribution in [0.5, 0.6) is 0 Å². The SMILES string of the molecule is CC(C)(C)OC(=O)C[C@@H](C(=O)CCCOCc1ccccc1)[C@@H]1CCCN1C(=O)OC(C)(C)C. The molecule has 0 aromatic heterocycles. The van der Waals surface area contributed by atoms with E-state index in [1.165, 1.54) is 0 Å². The number of benzene rings is 1. The normalized spacial score (nSPS) is 17.4. The molecule has 0 aliphatic carbocycles. The van der Waals surface area contributed by atoms with E-state index in [-0.39, 0.29) is 24.7 Å². The minimum Gasteiger partial charge on any atom is -0.460 e. The van der Waals surface area contributed by atoms with E-state index < -0.39 is 29.2 Å². The van der Waals surface area contributed by atoms with Crippen LogP contribution in [0.4, 0.5) is 4.79 Å². The average Bonchev–Trinajstić information content (AvgIpc) is 3.19. The van der Waals surface area contributed by atoms with Crippen molar-refractivity contribution in [3.05, 3.63) is 35.9 Å². The van der Waals surface area contributed by atoms with Crippen LogP contribution in [0.2, 0.25) is 0 Å². The van der Waals surface area contributed by atoms with Crippen LogP contribution < -0.4 is 0 Å². The number of likely N-dealkylation sites (tertiary alicyclic amines) is 1. The molecule has 2 atom stereocenters. The topological polar surface area (TPSA) is 82.1 Å². The van der Waals surface area contributed by atoms with Gasteiger partial charge in [-0.3, -0.25) is 9.59 Å². The predicted molar refractivity (Wildman–Crippen MR) is 130 cm³/mol. The van der Waals surface area contributed by atoms with Crippen LogP contribution in [0.3, 0.4) is 0 Å². The molecule has 1 aliphatic heterocycles. The first-order valence-corrected chi connectivity index (χ1v) is 12.2. The van der Waals surface area contributed by atoms with E-state index in [1.807, 2.05) is 51.1 Å². The molecule has 0 bridgehead atoms. The Morgan fingerprint density at radius 1 is 1.00 bits per heavy atom. The summed E-state index contributed by atoms with van der Waals surface area (Å²) < 4.78 is 16.8. The lowest BCUT2D eigenvalue weighted by molar-refractivity contribution is -0.158. The van der Waals surface area contributed by atoms with Crippen LogP contribution in [0.15, 0.2) is 30.3 Å². The summed E-state index contributed by atoms with van der Waals surface area (Å²) in [6.45, 7) is 12.3. The number of rotatable bonds is 10. The van der Waals surface area contributed by atoms with Crippen molar-refractivity contribution in [2.75, 3.05) is 13.2 Å². The minimum absolute atomic E-state index is 0.0466. The van der Waals surface area contributed by atoms with Crippen molar-refractivity contribution < 1.29 is 28.6 Å². The van der Waals surface area contributed by atoms with Gasteiger partial charge in [0.2, 0.25) is 0 Å². The number of nitrogens with zero attached hydrogens (tertiary/aromatic N) is 1. The maximum absolute atomic E-state index is 13.3. The number of amides is 1. The molecule has 190 valence electrons. The zero-order chi connectivity index (χ0) is 25.4. The Bertz CT molecular complexity index is 809. The van der Waals surface area contributed by atoms with Gasteiger partial charge in [0.25, 0.3) is 0 Å². The van der Waals surface area contributed by atoms with E-state index in [0.717, 1.165) is 12.0 Å². The van der Waals surface area contributed by atoms with Crippen molar-refractivity contribution in [3.63, 3.8) is 0 Å². The first kappa shape index (κ1) is 27.8. The molecule has 0 spiro atoms. The molecule has 0 unspecified atom stereocenters. The molecular weight excluding hydrogens is 434 g/mol. The maximum Gasteiger partial charge on any atom is 0.410 e. The van der Waals surface area contributed by atoms with Gasteiger partial charge in [0.1, 0.15) is 17.0 Å². The quantitative estimate of drug-likeness (QED) is 0.337. The Balaban J connectivity index is 2.01. The molecule has 1 amide bonds. The lowest BCUT2D eigenvalue weighted by Gasteiger charge is -2.33. The van der Waals surface area contributed by atoms with Gasteiger partial charge >= 0.3 is 12.1 Å². The number of ether oxygens (including phenoxy) is 3. The van der Waals surface area contributed by atoms with Gasteiger partial charge in [0.15, 0.2) is 0 Å². The number of hydrogen-bond donors (Lipinski definition) is 0. The Morgan fingerprint density at radius 3 is 2.26 bits per heavy atom. The van der Waals surface area contributed by atoms with Gasteiger partial charge in [0.05, 0.1) is 13.0 Å². The standard InChI is InChI=1S/C27H41NO6/c1-26(2,3)33-24(30)18-21(22-14-10-16-28(22)25(31)34-27(4,5)6)23(29)15-11-17-32-19-20-12-8-7-9-13-20/h7-9,12-13,21-22H,10-11,14-19H2,1-6H3/t21-,22+/m1/s1. The molecule has 7 nitrogen and oxygen atoms in total. The minimum atomic E-state index is -0.642. The van der Waals surface area contributed by atoms with Gasteiger partial charge in [-0.25, -0.2) is 4.79 Å². The molecule has 34 heavy (non-hydrogen) atoms. The highest BCUT2D eigenvalue weighted by molar-refractivity contribution is 5.86. The Morgan fingerprint density at radius 2 is 1.65 bits per heavy atom. The van der Waals surface area contributed by atoms with Gasteiger partial charge in [0, 0.05) is 31.5 Å². The molecule has 1 saturated heterocycles. The predicted octanol–water partition coefficient (Wildman–Crippen LogP) is 5.30. The van der Waals surface area contributed by atoms with Crippen LogP contribution in [-0.2, 0) is 30.4 Å². The summed E-state index contributed by atoms with van der Waals surface area (Å²) in [6.07, 6.45) is 1.76. The van der Waals surface area contributed by atoms with Gasteiger partial charge in [-0.05, 0) is 66.4 Å². The van der Waals surface area contributed by atoms with Crippen LogP contribution in [0, 0.1) is 5.92 Å². The van der Waals surface area contributed by atoms with Crippen molar-refractivity contribution in [2.45, 2.75) is 97.5 Å². The van der Waals surface area contributed by atoms with Crippen molar-refractivity contribution in [1.29, 1.82) is 0 Å². The Kier molecular flexibility index (Phi) is 10.1. The second-order valence-corrected chi connectivity index (χ2v) is 10.9. The fourth-order valence-corrected chi connectivity index (χ4v) is 4.08. The molecule has 1 aromatic carbocycles. The van der Waals surface area contributed by atoms with Crippen LogP contribution in [-0.4, -0.2) is 53.1 Å². The van der Waals surface area contributed by atoms with E-state index in [0.29, 0.717) is 32.6 Å². The van der Waals surface area contributed by atoms with Crippen LogP contribution >= 0.6 is 0 Å². The monoisotopic (exact) mass is 475 g/mol. The molecule has 1 aromatic rings. The molecule has 1 aliphatic rings. The van der Waals surface area contributed by atoms with Gasteiger partial charge in [-0.15, -0.1) is 0 Å². The number of Topliss-reactive ketones (excluding diaryl/α,β-unsaturated/α-hetero) is 1. The summed E-state index contributed by atoms with van der Waals surface area (Å²) in [5.74, 6) is -1.10. The fraction of sp³-hybridized carbons (Fsp3) is 0.667. The number of hydrogen-bond acceptors (Lipinski definition) is 6. The third kappa shape index (κ3) is 9.84. The molecule has 2 rings (SSSR count). The third-order valence-electron chi connectivity index (χ3n) is 5.44. The van der Waals surface area contributed by atoms with E-state index in [9.17, 15) is 14.4 Å². The summed E-state index contributed by atoms with van der Waals surface area (Å²) in [6, 6.07) is 9.49. The zero-order valence-electron chi connectivity index (χ0n) is 21.6. The maximum atomic E-state index is 13.3. The summed E-state index contributed by atoms with van der Waals surface area (Å²) >= 11 is 0. The highest BCUT2D eigenvalue weighted by Gasteiger charge is 2.41. The van der Waals surface area contributed by atoms with Crippen LogP contribution in [0.1, 0.15) is 79.2 Å². The highest BCUT2D eigenvalue weighted by Crippen LogP contribution is 2.30. The molecule has 0 saturated carbocycles. The molecular formula is C27H41NO6. The fourth-order valence-electron chi connectivity index (χ4n) is 4.08. The third-order valence-corrected chi connectivity index (χ3v) is 5.44. The Labute approximate surface area is 204 Å². The molecule has 0 N–H and O–H groups in total. The number of carbonyl (C=O) groups is 3. The summed E-state index contributed by atoms with van der Waals surface area (Å²) in [5.41, 5.74) is -0.197. The second kappa shape index (κ2) is 12.3. The van der Waals surface area contributed by atoms with Crippen molar-refractivity contribution in [1.82, 2.24) is 4.90 Å². The van der Waals surface area contributed by atoms with Crippen molar-refractivity contribution in [2.24, 2.45) is 5.92 Å².